The van der Waals surface area contributed by atoms with Gasteiger partial charge in [0.25, 0.3) is 11.8 Å². The predicted octanol–water partition coefficient (Wildman–Crippen LogP) is 4.93. The first-order valence-corrected chi connectivity index (χ1v) is 10.7. The van der Waals surface area contributed by atoms with Crippen molar-refractivity contribution >= 4 is 29.0 Å². The summed E-state index contributed by atoms with van der Waals surface area (Å²) in [6, 6.07) is 22.8. The first-order chi connectivity index (χ1) is 15.4. The maximum atomic E-state index is 13.4. The van der Waals surface area contributed by atoms with Crippen LogP contribution in [0.4, 0.5) is 4.39 Å². The highest BCUT2D eigenvalue weighted by molar-refractivity contribution is 6.36. The van der Waals surface area contributed by atoms with Gasteiger partial charge in [-0.15, -0.1) is 0 Å². The smallest absolute Gasteiger partial charge is 0.277 e. The van der Waals surface area contributed by atoms with Gasteiger partial charge in [0.05, 0.1) is 5.57 Å². The van der Waals surface area contributed by atoms with E-state index < -0.39 is 0 Å². The summed E-state index contributed by atoms with van der Waals surface area (Å²) in [5.74, 6) is -0.992. The molecule has 0 bridgehead atoms. The fraction of sp³-hybridized carbons (Fsp3) is 0.154. The maximum Gasteiger partial charge on any atom is 0.277 e. The largest absolute Gasteiger partial charge is 0.365 e. The minimum absolute atomic E-state index is 0.211. The van der Waals surface area contributed by atoms with Gasteiger partial charge >= 0.3 is 0 Å². The zero-order chi connectivity index (χ0) is 22.7. The number of halogens is 2. The number of amides is 2. The van der Waals surface area contributed by atoms with Crippen LogP contribution in [0.15, 0.2) is 84.6 Å². The van der Waals surface area contributed by atoms with Gasteiger partial charge in [0.2, 0.25) is 0 Å². The molecule has 3 aromatic carbocycles. The average Bonchev–Trinajstić information content (AvgIpc) is 3.04. The Morgan fingerprint density at radius 2 is 1.50 bits per heavy atom. The van der Waals surface area contributed by atoms with Gasteiger partial charge in [-0.1, -0.05) is 66.2 Å². The van der Waals surface area contributed by atoms with E-state index in [-0.39, 0.29) is 24.2 Å². The summed E-state index contributed by atoms with van der Waals surface area (Å²) in [6.45, 7) is 0.696. The topological polar surface area (TPSA) is 40.6 Å². The van der Waals surface area contributed by atoms with E-state index in [1.54, 1.807) is 36.4 Å². The SMILES string of the molecule is CN(Cc1ccccc1)C1=C(c2ccc(Cl)cc2)C(=O)N(CCc2ccc(F)cc2)C1=O. The van der Waals surface area contributed by atoms with E-state index in [1.165, 1.54) is 17.0 Å². The number of imide groups is 1. The van der Waals surface area contributed by atoms with Crippen molar-refractivity contribution in [1.82, 2.24) is 9.80 Å². The zero-order valence-electron chi connectivity index (χ0n) is 17.6. The normalized spacial score (nSPS) is 13.8. The Morgan fingerprint density at radius 3 is 2.16 bits per heavy atom. The van der Waals surface area contributed by atoms with Crippen LogP contribution in [0.2, 0.25) is 5.02 Å². The van der Waals surface area contributed by atoms with Crippen molar-refractivity contribution in [2.45, 2.75) is 13.0 Å². The number of nitrogens with zero attached hydrogens (tertiary/aromatic N) is 2. The summed E-state index contributed by atoms with van der Waals surface area (Å²) in [6.07, 6.45) is 0.446. The van der Waals surface area contributed by atoms with Gasteiger partial charge in [0, 0.05) is 25.2 Å². The third-order valence-electron chi connectivity index (χ3n) is 5.46. The minimum Gasteiger partial charge on any atom is -0.365 e. The van der Waals surface area contributed by atoms with E-state index in [9.17, 15) is 14.0 Å². The molecule has 0 unspecified atom stereocenters. The number of carbonyl (C=O) groups is 2. The molecule has 0 saturated carbocycles. The summed E-state index contributed by atoms with van der Waals surface area (Å²) in [4.78, 5) is 29.8. The number of hydrogen-bond acceptors (Lipinski definition) is 3. The molecular formula is C26H22ClFN2O2. The van der Waals surface area contributed by atoms with Crippen LogP contribution in [0.3, 0.4) is 0 Å². The van der Waals surface area contributed by atoms with Gasteiger partial charge in [-0.3, -0.25) is 14.5 Å². The Balaban J connectivity index is 1.64. The van der Waals surface area contributed by atoms with E-state index in [0.717, 1.165) is 11.1 Å². The van der Waals surface area contributed by atoms with Crippen molar-refractivity contribution < 1.29 is 14.0 Å². The standard InChI is InChI=1S/C26H22ClFN2O2/c1-29(17-19-5-3-2-4-6-19)24-23(20-9-11-21(27)12-10-20)25(31)30(26(24)32)16-15-18-7-13-22(28)14-8-18/h2-14H,15-17H2,1H3. The number of carbonyl (C=O) groups excluding carboxylic acids is 2. The number of benzene rings is 3. The molecule has 0 saturated heterocycles. The Kier molecular flexibility index (Phi) is 6.37. The molecule has 2 amide bonds. The molecule has 3 aromatic rings. The van der Waals surface area contributed by atoms with Crippen LogP contribution in [0.5, 0.6) is 0 Å². The van der Waals surface area contributed by atoms with Crippen LogP contribution in [0.1, 0.15) is 16.7 Å². The molecule has 6 heteroatoms. The molecule has 0 atom stereocenters. The Labute approximate surface area is 191 Å². The second-order valence-corrected chi connectivity index (χ2v) is 8.15. The summed E-state index contributed by atoms with van der Waals surface area (Å²) in [5, 5.41) is 0.554. The lowest BCUT2D eigenvalue weighted by Crippen LogP contribution is -2.35. The van der Waals surface area contributed by atoms with Crippen molar-refractivity contribution in [3.63, 3.8) is 0 Å². The first kappa shape index (κ1) is 21.8. The van der Waals surface area contributed by atoms with Crippen molar-refractivity contribution in [3.8, 4) is 0 Å². The van der Waals surface area contributed by atoms with Crippen molar-refractivity contribution in [2.75, 3.05) is 13.6 Å². The Hall–Kier alpha value is -3.44. The highest BCUT2D eigenvalue weighted by atomic mass is 35.5. The summed E-state index contributed by atoms with van der Waals surface area (Å²) < 4.78 is 13.2. The van der Waals surface area contributed by atoms with Gasteiger partial charge in [0.1, 0.15) is 11.5 Å². The van der Waals surface area contributed by atoms with Crippen LogP contribution in [-0.4, -0.2) is 35.2 Å². The first-order valence-electron chi connectivity index (χ1n) is 10.3. The molecule has 32 heavy (non-hydrogen) atoms. The molecule has 4 nitrogen and oxygen atoms in total. The average molecular weight is 449 g/mol. The van der Waals surface area contributed by atoms with Crippen LogP contribution in [-0.2, 0) is 22.6 Å². The molecule has 162 valence electrons. The maximum absolute atomic E-state index is 13.4. The summed E-state index contributed by atoms with van der Waals surface area (Å²) >= 11 is 6.03. The third-order valence-corrected chi connectivity index (χ3v) is 5.71. The fourth-order valence-corrected chi connectivity index (χ4v) is 3.95. The number of likely N-dealkylation sites (N-methyl/N-ethyl adjacent to an activating group) is 1. The van der Waals surface area contributed by atoms with Crippen LogP contribution in [0, 0.1) is 5.82 Å². The van der Waals surface area contributed by atoms with Crippen molar-refractivity contribution in [1.29, 1.82) is 0 Å². The van der Waals surface area contributed by atoms with Gasteiger partial charge in [-0.25, -0.2) is 4.39 Å². The molecule has 0 fully saturated rings. The lowest BCUT2D eigenvalue weighted by molar-refractivity contribution is -0.137. The molecule has 1 heterocycles. The molecule has 1 aliphatic heterocycles. The highest BCUT2D eigenvalue weighted by Crippen LogP contribution is 2.32. The van der Waals surface area contributed by atoms with E-state index in [0.29, 0.717) is 34.8 Å². The molecule has 0 radical (unpaired) electrons. The molecule has 0 aliphatic carbocycles. The Bertz CT molecular complexity index is 1160. The molecule has 0 aromatic heterocycles. The van der Waals surface area contributed by atoms with Crippen molar-refractivity contribution in [2.24, 2.45) is 0 Å². The lowest BCUT2D eigenvalue weighted by atomic mass is 10.0. The lowest BCUT2D eigenvalue weighted by Gasteiger charge is -2.21. The van der Waals surface area contributed by atoms with Gasteiger partial charge in [0.15, 0.2) is 0 Å². The number of hydrogen-bond donors (Lipinski definition) is 0. The van der Waals surface area contributed by atoms with Crippen LogP contribution >= 0.6 is 11.6 Å². The van der Waals surface area contributed by atoms with E-state index in [2.05, 4.69) is 0 Å². The molecule has 0 N–H and O–H groups in total. The van der Waals surface area contributed by atoms with E-state index in [1.807, 2.05) is 42.3 Å². The molecule has 1 aliphatic rings. The molecule has 0 spiro atoms. The molecular weight excluding hydrogens is 427 g/mol. The minimum atomic E-state index is -0.339. The second-order valence-electron chi connectivity index (χ2n) is 7.71. The van der Waals surface area contributed by atoms with Crippen LogP contribution < -0.4 is 0 Å². The van der Waals surface area contributed by atoms with Gasteiger partial charge in [-0.2, -0.15) is 0 Å². The fourth-order valence-electron chi connectivity index (χ4n) is 3.83. The van der Waals surface area contributed by atoms with Crippen LogP contribution in [0.25, 0.3) is 5.57 Å². The van der Waals surface area contributed by atoms with E-state index in [4.69, 9.17) is 11.6 Å². The monoisotopic (exact) mass is 448 g/mol. The molecule has 4 rings (SSSR count). The summed E-state index contributed by atoms with van der Waals surface area (Å²) in [5.41, 5.74) is 3.26. The van der Waals surface area contributed by atoms with Gasteiger partial charge < -0.3 is 4.90 Å². The quantitative estimate of drug-likeness (QED) is 0.481. The number of rotatable bonds is 7. The van der Waals surface area contributed by atoms with Crippen molar-refractivity contribution in [3.05, 3.63) is 112 Å². The third kappa shape index (κ3) is 4.58. The Morgan fingerprint density at radius 1 is 0.844 bits per heavy atom. The van der Waals surface area contributed by atoms with Gasteiger partial charge in [-0.05, 0) is 47.4 Å². The second kappa shape index (κ2) is 9.37. The highest BCUT2D eigenvalue weighted by Gasteiger charge is 2.40. The van der Waals surface area contributed by atoms with E-state index >= 15 is 0 Å². The predicted molar refractivity (Wildman–Crippen MR) is 123 cm³/mol. The zero-order valence-corrected chi connectivity index (χ0v) is 18.3. The summed E-state index contributed by atoms with van der Waals surface area (Å²) in [7, 11) is 1.81.